The summed E-state index contributed by atoms with van der Waals surface area (Å²) in [5, 5.41) is 10.6. The zero-order chi connectivity index (χ0) is 14.1. The maximum atomic E-state index is 11.3. The molecule has 0 radical (unpaired) electrons. The first kappa shape index (κ1) is 13.5. The molecule has 20 heavy (non-hydrogen) atoms. The normalized spacial score (nSPS) is 22.4. The van der Waals surface area contributed by atoms with Crippen LogP contribution in [0.15, 0.2) is 28.7 Å². The molecule has 1 aliphatic rings. The van der Waals surface area contributed by atoms with Crippen molar-refractivity contribution in [2.24, 2.45) is 0 Å². The van der Waals surface area contributed by atoms with Gasteiger partial charge in [-0.15, -0.1) is 0 Å². The van der Waals surface area contributed by atoms with Crippen LogP contribution in [0.4, 0.5) is 0 Å². The SMILES string of the molecule is CC1OCCC1SCc1c(C(=O)O)oc2ccccc12. The summed E-state index contributed by atoms with van der Waals surface area (Å²) in [6.07, 6.45) is 1.25. The number of carboxylic acid groups (broad SMARTS) is 1. The van der Waals surface area contributed by atoms with Crippen LogP contribution in [-0.4, -0.2) is 29.0 Å². The van der Waals surface area contributed by atoms with Gasteiger partial charge >= 0.3 is 5.97 Å². The lowest BCUT2D eigenvalue weighted by Crippen LogP contribution is -2.13. The Morgan fingerprint density at radius 3 is 2.95 bits per heavy atom. The van der Waals surface area contributed by atoms with E-state index in [9.17, 15) is 9.90 Å². The number of rotatable bonds is 4. The van der Waals surface area contributed by atoms with E-state index in [0.717, 1.165) is 24.0 Å². The van der Waals surface area contributed by atoms with E-state index in [1.54, 1.807) is 17.8 Å². The van der Waals surface area contributed by atoms with E-state index < -0.39 is 5.97 Å². The number of hydrogen-bond donors (Lipinski definition) is 1. The minimum atomic E-state index is -1.01. The van der Waals surface area contributed by atoms with Gasteiger partial charge in [-0.1, -0.05) is 18.2 Å². The Kier molecular flexibility index (Phi) is 3.72. The van der Waals surface area contributed by atoms with E-state index in [2.05, 4.69) is 6.92 Å². The summed E-state index contributed by atoms with van der Waals surface area (Å²) < 4.78 is 11.0. The van der Waals surface area contributed by atoms with Gasteiger partial charge in [0.15, 0.2) is 0 Å². The summed E-state index contributed by atoms with van der Waals surface area (Å²) in [5.41, 5.74) is 1.41. The molecule has 1 aromatic heterocycles. The number of hydrogen-bond acceptors (Lipinski definition) is 4. The maximum absolute atomic E-state index is 11.3. The summed E-state index contributed by atoms with van der Waals surface area (Å²) in [6, 6.07) is 7.47. The molecule has 1 aliphatic heterocycles. The van der Waals surface area contributed by atoms with Crippen molar-refractivity contribution < 1.29 is 19.1 Å². The monoisotopic (exact) mass is 292 g/mol. The number of ether oxygens (including phenoxy) is 1. The third kappa shape index (κ3) is 2.43. The van der Waals surface area contributed by atoms with Gasteiger partial charge in [-0.05, 0) is 19.4 Å². The molecule has 0 saturated carbocycles. The van der Waals surface area contributed by atoms with Crippen molar-refractivity contribution in [2.75, 3.05) is 6.61 Å². The number of carbonyl (C=O) groups is 1. The molecule has 0 bridgehead atoms. The number of carboxylic acids is 1. The van der Waals surface area contributed by atoms with Gasteiger partial charge in [-0.3, -0.25) is 0 Å². The molecular weight excluding hydrogens is 276 g/mol. The molecule has 2 aromatic rings. The highest BCUT2D eigenvalue weighted by Crippen LogP contribution is 2.34. The third-order valence-electron chi connectivity index (χ3n) is 3.64. The number of para-hydroxylation sites is 1. The molecule has 0 amide bonds. The molecular formula is C15H16O4S. The predicted molar refractivity (Wildman–Crippen MR) is 78.3 cm³/mol. The van der Waals surface area contributed by atoms with Gasteiger partial charge in [0, 0.05) is 28.6 Å². The molecule has 1 fully saturated rings. The molecule has 1 saturated heterocycles. The Labute approximate surface area is 121 Å². The van der Waals surface area contributed by atoms with E-state index in [-0.39, 0.29) is 11.9 Å². The highest BCUT2D eigenvalue weighted by molar-refractivity contribution is 7.99. The molecule has 106 valence electrons. The Bertz CT molecular complexity index is 634. The highest BCUT2D eigenvalue weighted by atomic mass is 32.2. The maximum Gasteiger partial charge on any atom is 0.372 e. The largest absolute Gasteiger partial charge is 0.475 e. The Balaban J connectivity index is 1.89. The van der Waals surface area contributed by atoms with Crippen LogP contribution in [0.2, 0.25) is 0 Å². The van der Waals surface area contributed by atoms with Crippen molar-refractivity contribution in [2.45, 2.75) is 30.5 Å². The molecule has 2 atom stereocenters. The van der Waals surface area contributed by atoms with E-state index >= 15 is 0 Å². The first-order valence-corrected chi connectivity index (χ1v) is 7.68. The van der Waals surface area contributed by atoms with Gasteiger partial charge in [0.2, 0.25) is 5.76 Å². The van der Waals surface area contributed by atoms with Gasteiger partial charge in [0.25, 0.3) is 0 Å². The van der Waals surface area contributed by atoms with Gasteiger partial charge in [-0.2, -0.15) is 11.8 Å². The quantitative estimate of drug-likeness (QED) is 0.934. The first-order valence-electron chi connectivity index (χ1n) is 6.63. The number of thioether (sulfide) groups is 1. The molecule has 2 heterocycles. The fourth-order valence-corrected chi connectivity index (χ4v) is 3.82. The molecule has 2 unspecified atom stereocenters. The average Bonchev–Trinajstić information content (AvgIpc) is 3.00. The van der Waals surface area contributed by atoms with Crippen molar-refractivity contribution in [3.63, 3.8) is 0 Å². The molecule has 5 heteroatoms. The van der Waals surface area contributed by atoms with Gasteiger partial charge in [0.05, 0.1) is 6.10 Å². The van der Waals surface area contributed by atoms with Crippen LogP contribution in [0.5, 0.6) is 0 Å². The Hall–Kier alpha value is -1.46. The van der Waals surface area contributed by atoms with Crippen molar-refractivity contribution in [3.8, 4) is 0 Å². The Morgan fingerprint density at radius 2 is 2.25 bits per heavy atom. The number of fused-ring (bicyclic) bond motifs is 1. The molecule has 1 N–H and O–H groups in total. The molecule has 1 aromatic carbocycles. The van der Waals surface area contributed by atoms with E-state index in [1.165, 1.54) is 0 Å². The van der Waals surface area contributed by atoms with Crippen molar-refractivity contribution in [1.29, 1.82) is 0 Å². The van der Waals surface area contributed by atoms with Gasteiger partial charge < -0.3 is 14.3 Å². The second-order valence-electron chi connectivity index (χ2n) is 4.93. The predicted octanol–water partition coefficient (Wildman–Crippen LogP) is 3.54. The number of furan rings is 1. The zero-order valence-electron chi connectivity index (χ0n) is 11.2. The lowest BCUT2D eigenvalue weighted by Gasteiger charge is -2.13. The van der Waals surface area contributed by atoms with Crippen molar-refractivity contribution >= 4 is 28.7 Å². The molecule has 4 nitrogen and oxygen atoms in total. The Morgan fingerprint density at radius 1 is 1.45 bits per heavy atom. The molecule has 3 rings (SSSR count). The van der Waals surface area contributed by atoms with E-state index in [4.69, 9.17) is 9.15 Å². The second-order valence-corrected chi connectivity index (χ2v) is 6.15. The minimum Gasteiger partial charge on any atom is -0.475 e. The smallest absolute Gasteiger partial charge is 0.372 e. The van der Waals surface area contributed by atoms with Crippen LogP contribution in [0.25, 0.3) is 11.0 Å². The summed E-state index contributed by atoms with van der Waals surface area (Å²) >= 11 is 1.75. The topological polar surface area (TPSA) is 59.7 Å². The van der Waals surface area contributed by atoms with Crippen LogP contribution >= 0.6 is 11.8 Å². The lowest BCUT2D eigenvalue weighted by atomic mass is 10.1. The fourth-order valence-electron chi connectivity index (χ4n) is 2.54. The summed E-state index contributed by atoms with van der Waals surface area (Å²) in [5.74, 6) is -0.311. The van der Waals surface area contributed by atoms with Crippen molar-refractivity contribution in [1.82, 2.24) is 0 Å². The third-order valence-corrected chi connectivity index (χ3v) is 5.14. The van der Waals surface area contributed by atoms with E-state index in [1.807, 2.05) is 18.2 Å². The van der Waals surface area contributed by atoms with Crippen LogP contribution in [0.1, 0.15) is 29.5 Å². The standard InChI is InChI=1S/C15H16O4S/c1-9-13(6-7-18-9)20-8-11-10-4-2-3-5-12(10)19-14(11)15(16)17/h2-5,9,13H,6-8H2,1H3,(H,16,17). The number of benzene rings is 1. The van der Waals surface area contributed by atoms with E-state index in [0.29, 0.717) is 16.6 Å². The average molecular weight is 292 g/mol. The van der Waals surface area contributed by atoms with Gasteiger partial charge in [-0.25, -0.2) is 4.79 Å². The molecule has 0 spiro atoms. The zero-order valence-corrected chi connectivity index (χ0v) is 12.0. The summed E-state index contributed by atoms with van der Waals surface area (Å²) in [4.78, 5) is 11.3. The lowest BCUT2D eigenvalue weighted by molar-refractivity contribution is 0.0664. The van der Waals surface area contributed by atoms with Crippen molar-refractivity contribution in [3.05, 3.63) is 35.6 Å². The van der Waals surface area contributed by atoms with Crippen LogP contribution in [0, 0.1) is 0 Å². The van der Waals surface area contributed by atoms with Crippen LogP contribution in [-0.2, 0) is 10.5 Å². The van der Waals surface area contributed by atoms with Crippen LogP contribution in [0.3, 0.4) is 0 Å². The van der Waals surface area contributed by atoms with Gasteiger partial charge in [0.1, 0.15) is 5.58 Å². The fraction of sp³-hybridized carbons (Fsp3) is 0.400. The summed E-state index contributed by atoms with van der Waals surface area (Å²) in [6.45, 7) is 2.85. The highest BCUT2D eigenvalue weighted by Gasteiger charge is 2.26. The number of aromatic carboxylic acids is 1. The first-order chi connectivity index (χ1) is 9.66. The van der Waals surface area contributed by atoms with Crippen LogP contribution < -0.4 is 0 Å². The molecule has 0 aliphatic carbocycles. The summed E-state index contributed by atoms with van der Waals surface area (Å²) in [7, 11) is 0. The second kappa shape index (κ2) is 5.50. The minimum absolute atomic E-state index is 0.0604.